The van der Waals surface area contributed by atoms with E-state index < -0.39 is 21.9 Å². The Morgan fingerprint density at radius 1 is 1.07 bits per heavy atom. The molecule has 0 aliphatic carbocycles. The van der Waals surface area contributed by atoms with Gasteiger partial charge in [-0.3, -0.25) is 4.79 Å². The van der Waals surface area contributed by atoms with Gasteiger partial charge in [-0.05, 0) is 42.7 Å². The predicted molar refractivity (Wildman–Crippen MR) is 106 cm³/mol. The van der Waals surface area contributed by atoms with Crippen LogP contribution in [-0.2, 0) is 21.3 Å². The maximum atomic E-state index is 12.8. The van der Waals surface area contributed by atoms with Crippen LogP contribution in [0.4, 0.5) is 0 Å². The van der Waals surface area contributed by atoms with E-state index in [1.165, 1.54) is 23.5 Å². The van der Waals surface area contributed by atoms with E-state index in [4.69, 9.17) is 0 Å². The fraction of sp³-hybridized carbons (Fsp3) is 0.350. The van der Waals surface area contributed by atoms with Crippen LogP contribution in [0.1, 0.15) is 45.8 Å². The molecule has 3 rings (SSSR count). The molecule has 1 N–H and O–H groups in total. The van der Waals surface area contributed by atoms with Crippen LogP contribution in [0.15, 0.2) is 47.4 Å². The average Bonchev–Trinajstić information content (AvgIpc) is 2.77. The summed E-state index contributed by atoms with van der Waals surface area (Å²) in [5.41, 5.74) is 0.764. The maximum absolute atomic E-state index is 12.8. The number of carbonyl (C=O) groups excluding carboxylic acids is 2. The summed E-state index contributed by atoms with van der Waals surface area (Å²) in [7, 11) is -2.30. The van der Waals surface area contributed by atoms with E-state index in [-0.39, 0.29) is 22.8 Å². The molecule has 0 bridgehead atoms. The number of nitrogens with zero attached hydrogens (tertiary/aromatic N) is 2. The van der Waals surface area contributed by atoms with Gasteiger partial charge in [0.25, 0.3) is 5.91 Å². The highest BCUT2D eigenvalue weighted by molar-refractivity contribution is 7.89. The summed E-state index contributed by atoms with van der Waals surface area (Å²) in [6.45, 7) is 1.20. The Hall–Kier alpha value is -2.78. The van der Waals surface area contributed by atoms with E-state index in [9.17, 15) is 18.0 Å². The van der Waals surface area contributed by atoms with Crippen LogP contribution in [0.25, 0.3) is 0 Å². The van der Waals surface area contributed by atoms with Crippen LogP contribution in [0.3, 0.4) is 0 Å². The molecule has 0 unspecified atom stereocenters. The van der Waals surface area contributed by atoms with Crippen LogP contribution in [0.5, 0.6) is 0 Å². The van der Waals surface area contributed by atoms with Crippen LogP contribution in [-0.4, -0.2) is 49.8 Å². The number of hydrogen-bond acceptors (Lipinski definition) is 6. The first-order chi connectivity index (χ1) is 13.9. The van der Waals surface area contributed by atoms with Crippen molar-refractivity contribution in [2.45, 2.75) is 30.7 Å². The van der Waals surface area contributed by atoms with Crippen LogP contribution in [0, 0.1) is 0 Å². The van der Waals surface area contributed by atoms with E-state index in [1.807, 2.05) is 0 Å². The molecule has 154 valence electrons. The number of nitrogens with one attached hydrogen (secondary N) is 1. The topological polar surface area (TPSA) is 106 Å². The lowest BCUT2D eigenvalue weighted by Gasteiger charge is -2.26. The second-order valence-electron chi connectivity index (χ2n) is 6.69. The second-order valence-corrected chi connectivity index (χ2v) is 8.63. The number of esters is 1. The van der Waals surface area contributed by atoms with Gasteiger partial charge in [-0.1, -0.05) is 24.6 Å². The average molecular weight is 417 g/mol. The number of carbonyl (C=O) groups is 2. The number of sulfonamides is 1. The highest BCUT2D eigenvalue weighted by Crippen LogP contribution is 2.21. The number of benzene rings is 1. The Bertz CT molecular complexity index is 1000. The van der Waals surface area contributed by atoms with E-state index in [0.717, 1.165) is 19.3 Å². The zero-order valence-electron chi connectivity index (χ0n) is 16.1. The smallest absolute Gasteiger partial charge is 0.356 e. The van der Waals surface area contributed by atoms with Crippen molar-refractivity contribution in [2.75, 3.05) is 20.2 Å². The Labute approximate surface area is 169 Å². The first-order valence-corrected chi connectivity index (χ1v) is 10.8. The lowest BCUT2D eigenvalue weighted by molar-refractivity contribution is 0.0594. The Balaban J connectivity index is 1.69. The first kappa shape index (κ1) is 20.9. The van der Waals surface area contributed by atoms with Gasteiger partial charge >= 0.3 is 5.97 Å². The molecule has 0 radical (unpaired) electrons. The van der Waals surface area contributed by atoms with Gasteiger partial charge in [0.15, 0.2) is 0 Å². The summed E-state index contributed by atoms with van der Waals surface area (Å²) in [6, 6.07) is 11.0. The standard InChI is InChI=1S/C20H23N3O5S/c1-28-20(25)18-10-6-9-17(22-18)19(24)21-14-15-7-5-8-16(13-15)29(26,27)23-11-3-2-4-12-23/h5-10,13H,2-4,11-12,14H2,1H3,(H,21,24). The third kappa shape index (κ3) is 4.99. The van der Waals surface area contributed by atoms with Gasteiger partial charge in [-0.15, -0.1) is 0 Å². The molecule has 9 heteroatoms. The van der Waals surface area contributed by atoms with Crippen molar-refractivity contribution in [3.63, 3.8) is 0 Å². The fourth-order valence-electron chi connectivity index (χ4n) is 3.12. The number of aromatic nitrogens is 1. The molecular weight excluding hydrogens is 394 g/mol. The van der Waals surface area contributed by atoms with Gasteiger partial charge in [0.2, 0.25) is 10.0 Å². The minimum absolute atomic E-state index is 0.0368. The molecule has 0 spiro atoms. The van der Waals surface area contributed by atoms with Crippen molar-refractivity contribution < 1.29 is 22.7 Å². The molecule has 1 aromatic heterocycles. The number of pyridine rings is 1. The first-order valence-electron chi connectivity index (χ1n) is 9.34. The summed E-state index contributed by atoms with van der Waals surface area (Å²) >= 11 is 0. The lowest BCUT2D eigenvalue weighted by Crippen LogP contribution is -2.35. The SMILES string of the molecule is COC(=O)c1cccc(C(=O)NCc2cccc(S(=O)(=O)N3CCCCC3)c2)n1. The third-order valence-electron chi connectivity index (χ3n) is 4.68. The minimum Gasteiger partial charge on any atom is -0.464 e. The molecule has 0 atom stereocenters. The lowest BCUT2D eigenvalue weighted by atomic mass is 10.2. The molecule has 29 heavy (non-hydrogen) atoms. The summed E-state index contributed by atoms with van der Waals surface area (Å²) < 4.78 is 31.7. The predicted octanol–water partition coefficient (Wildman–Crippen LogP) is 1.97. The Morgan fingerprint density at radius 2 is 1.76 bits per heavy atom. The van der Waals surface area contributed by atoms with Crippen LogP contribution >= 0.6 is 0 Å². The number of piperidine rings is 1. The third-order valence-corrected chi connectivity index (χ3v) is 6.58. The van der Waals surface area contributed by atoms with E-state index in [2.05, 4.69) is 15.0 Å². The summed E-state index contributed by atoms with van der Waals surface area (Å²) in [4.78, 5) is 28.1. The van der Waals surface area contributed by atoms with Gasteiger partial charge in [-0.2, -0.15) is 4.31 Å². The molecule has 8 nitrogen and oxygen atoms in total. The largest absolute Gasteiger partial charge is 0.464 e. The number of methoxy groups -OCH3 is 1. The number of amides is 1. The van der Waals surface area contributed by atoms with Crippen LogP contribution < -0.4 is 5.32 Å². The highest BCUT2D eigenvalue weighted by Gasteiger charge is 2.26. The van der Waals surface area contributed by atoms with Gasteiger partial charge in [0.05, 0.1) is 12.0 Å². The molecular formula is C20H23N3O5S. The van der Waals surface area contributed by atoms with Crippen molar-refractivity contribution in [1.82, 2.24) is 14.6 Å². The number of ether oxygens (including phenoxy) is 1. The second kappa shape index (κ2) is 9.15. The summed E-state index contributed by atoms with van der Waals surface area (Å²) in [5.74, 6) is -1.10. The van der Waals surface area contributed by atoms with Gasteiger partial charge < -0.3 is 10.1 Å². The zero-order valence-corrected chi connectivity index (χ0v) is 16.9. The number of rotatable bonds is 6. The molecule has 1 aliphatic heterocycles. The normalized spacial score (nSPS) is 14.9. The molecule has 1 aliphatic rings. The molecule has 1 fully saturated rings. The molecule has 2 aromatic rings. The Kier molecular flexibility index (Phi) is 6.60. The molecule has 0 saturated carbocycles. The number of hydrogen-bond donors (Lipinski definition) is 1. The molecule has 1 aromatic carbocycles. The quantitative estimate of drug-likeness (QED) is 0.721. The minimum atomic E-state index is -3.54. The van der Waals surface area contributed by atoms with Crippen molar-refractivity contribution in [2.24, 2.45) is 0 Å². The molecule has 1 saturated heterocycles. The highest BCUT2D eigenvalue weighted by atomic mass is 32.2. The van der Waals surface area contributed by atoms with Gasteiger partial charge in [0.1, 0.15) is 11.4 Å². The summed E-state index contributed by atoms with van der Waals surface area (Å²) in [6.07, 6.45) is 2.78. The Morgan fingerprint density at radius 3 is 2.48 bits per heavy atom. The fourth-order valence-corrected chi connectivity index (χ4v) is 4.71. The molecule has 2 heterocycles. The maximum Gasteiger partial charge on any atom is 0.356 e. The summed E-state index contributed by atoms with van der Waals surface area (Å²) in [5, 5.41) is 2.70. The monoisotopic (exact) mass is 417 g/mol. The van der Waals surface area contributed by atoms with Crippen molar-refractivity contribution in [3.05, 3.63) is 59.4 Å². The van der Waals surface area contributed by atoms with Crippen LogP contribution in [0.2, 0.25) is 0 Å². The zero-order chi connectivity index (χ0) is 20.9. The van der Waals surface area contributed by atoms with E-state index >= 15 is 0 Å². The van der Waals surface area contributed by atoms with Crippen molar-refractivity contribution >= 4 is 21.9 Å². The van der Waals surface area contributed by atoms with Gasteiger partial charge in [0, 0.05) is 19.6 Å². The van der Waals surface area contributed by atoms with Crippen molar-refractivity contribution in [1.29, 1.82) is 0 Å². The molecule has 1 amide bonds. The van der Waals surface area contributed by atoms with E-state index in [1.54, 1.807) is 30.3 Å². The van der Waals surface area contributed by atoms with Gasteiger partial charge in [-0.25, -0.2) is 18.2 Å². The van der Waals surface area contributed by atoms with E-state index in [0.29, 0.717) is 18.7 Å². The van der Waals surface area contributed by atoms with Crippen molar-refractivity contribution in [3.8, 4) is 0 Å².